The lowest BCUT2D eigenvalue weighted by molar-refractivity contribution is -0.750. The number of nitrogens with zero attached hydrogens (tertiary/aromatic N) is 2. The van der Waals surface area contributed by atoms with E-state index in [-0.39, 0.29) is 12.4 Å². The van der Waals surface area contributed by atoms with Crippen molar-refractivity contribution >= 4 is 6.34 Å². The Balaban J connectivity index is 0. The van der Waals surface area contributed by atoms with Gasteiger partial charge in [0.15, 0.2) is 0 Å². The van der Waals surface area contributed by atoms with Gasteiger partial charge >= 0.3 is 0 Å². The van der Waals surface area contributed by atoms with Crippen LogP contribution in [0.25, 0.3) is 0 Å². The highest BCUT2D eigenvalue weighted by Crippen LogP contribution is 1.65. The average Bonchev–Trinajstić information content (AvgIpc) is 1.61. The van der Waals surface area contributed by atoms with Gasteiger partial charge in [-0.25, -0.2) is 0 Å². The lowest BCUT2D eigenvalue weighted by Crippen LogP contribution is -3.04. The molecule has 9 heavy (non-hydrogen) atoms. The summed E-state index contributed by atoms with van der Waals surface area (Å²) in [7, 11) is 7.85. The Hall–Kier alpha value is -0.280. The third-order valence-electron chi connectivity index (χ3n) is 0.547. The van der Waals surface area contributed by atoms with Crippen molar-refractivity contribution in [1.82, 2.24) is 5.01 Å². The monoisotopic (exact) mass is 151 g/mol. The summed E-state index contributed by atoms with van der Waals surface area (Å²) in [4.78, 5) is 1.22. The molecule has 0 aromatic rings. The van der Waals surface area contributed by atoms with Crippen LogP contribution in [0.3, 0.4) is 0 Å². The molecule has 0 aromatic heterocycles. The molecule has 0 aliphatic heterocycles. The highest BCUT2D eigenvalue weighted by atomic mass is 35.5. The first-order chi connectivity index (χ1) is 3.63. The van der Waals surface area contributed by atoms with Crippen molar-refractivity contribution in [3.05, 3.63) is 0 Å². The van der Waals surface area contributed by atoms with Gasteiger partial charge in [0.1, 0.15) is 0 Å². The smallest absolute Gasteiger partial charge is 0.205 e. The molecule has 0 saturated heterocycles. The largest absolute Gasteiger partial charge is 1.00 e. The first-order valence-corrected chi connectivity index (χ1v) is 2.64. The molecule has 0 bridgehead atoms. The second-order valence-electron chi connectivity index (χ2n) is 2.17. The zero-order chi connectivity index (χ0) is 6.57. The van der Waals surface area contributed by atoms with Gasteiger partial charge in [-0.15, -0.1) is 5.10 Å². The zero-order valence-corrected chi connectivity index (χ0v) is 7.11. The number of halogens is 1. The number of hydrogen-bond acceptors (Lipinski definition) is 2. The van der Waals surface area contributed by atoms with Crippen molar-refractivity contribution in [2.45, 2.75) is 0 Å². The topological polar surface area (TPSA) is 20.0 Å². The van der Waals surface area contributed by atoms with E-state index in [1.807, 2.05) is 34.5 Å². The Morgan fingerprint density at radius 3 is 1.89 bits per heavy atom. The van der Waals surface area contributed by atoms with Gasteiger partial charge in [-0.1, -0.05) is 0 Å². The fourth-order valence-corrected chi connectivity index (χ4v) is 0.231. The van der Waals surface area contributed by atoms with E-state index < -0.39 is 0 Å². The molecule has 0 unspecified atom stereocenters. The maximum Gasteiger partial charge on any atom is 0.205 e. The minimum atomic E-state index is 0. The second kappa shape index (κ2) is 5.85. The predicted octanol–water partition coefficient (Wildman–Crippen LogP) is -4.36. The predicted molar refractivity (Wildman–Crippen MR) is 35.0 cm³/mol. The van der Waals surface area contributed by atoms with E-state index in [0.717, 1.165) is 0 Å². The van der Waals surface area contributed by atoms with Crippen LogP contribution in [0.15, 0.2) is 5.10 Å². The molecular formula is C5H14ClN3. The molecule has 1 N–H and O–H groups in total. The van der Waals surface area contributed by atoms with Crippen LogP contribution in [0, 0.1) is 0 Å². The van der Waals surface area contributed by atoms with Crippen LogP contribution in [0.2, 0.25) is 0 Å². The fraction of sp³-hybridized carbons (Fsp3) is 0.800. The summed E-state index contributed by atoms with van der Waals surface area (Å²) in [6.45, 7) is 0. The zero-order valence-electron chi connectivity index (χ0n) is 6.35. The molecule has 0 amide bonds. The molecule has 0 atom stereocenters. The molecule has 4 heteroatoms. The molecule has 56 valence electrons. The molecule has 0 rings (SSSR count). The van der Waals surface area contributed by atoms with Gasteiger partial charge in [0.2, 0.25) is 6.34 Å². The highest BCUT2D eigenvalue weighted by Gasteiger charge is 1.81. The number of hydrogen-bond donors (Lipinski definition) is 1. The Morgan fingerprint density at radius 1 is 1.33 bits per heavy atom. The SMILES string of the molecule is CN(C)/N=C/[NH+](C)C.[Cl-]. The number of hydrazone groups is 1. The first kappa shape index (κ1) is 11.5. The van der Waals surface area contributed by atoms with Crippen molar-refractivity contribution in [1.29, 1.82) is 0 Å². The van der Waals surface area contributed by atoms with Gasteiger partial charge in [-0.3, -0.25) is 9.91 Å². The fourth-order valence-electron chi connectivity index (χ4n) is 0.231. The van der Waals surface area contributed by atoms with Gasteiger partial charge in [0.05, 0.1) is 14.1 Å². The summed E-state index contributed by atoms with van der Waals surface area (Å²) in [6.07, 6.45) is 1.83. The summed E-state index contributed by atoms with van der Waals surface area (Å²) < 4.78 is 0. The maximum absolute atomic E-state index is 4.00. The molecule has 0 fully saturated rings. The number of rotatable bonds is 2. The summed E-state index contributed by atoms with van der Waals surface area (Å²) in [5, 5.41) is 5.77. The minimum absolute atomic E-state index is 0. The Morgan fingerprint density at radius 2 is 1.78 bits per heavy atom. The Labute approximate surface area is 62.7 Å². The van der Waals surface area contributed by atoms with Crippen molar-refractivity contribution in [3.8, 4) is 0 Å². The van der Waals surface area contributed by atoms with Gasteiger partial charge in [0.25, 0.3) is 0 Å². The third-order valence-corrected chi connectivity index (χ3v) is 0.547. The van der Waals surface area contributed by atoms with Crippen molar-refractivity contribution < 1.29 is 17.3 Å². The molecule has 0 heterocycles. The van der Waals surface area contributed by atoms with Gasteiger partial charge in [-0.2, -0.15) is 0 Å². The third kappa shape index (κ3) is 11.3. The van der Waals surface area contributed by atoms with Gasteiger partial charge < -0.3 is 12.4 Å². The number of nitrogens with one attached hydrogen (secondary N) is 1. The molecule has 3 nitrogen and oxygen atoms in total. The first-order valence-electron chi connectivity index (χ1n) is 2.64. The van der Waals surface area contributed by atoms with E-state index >= 15 is 0 Å². The van der Waals surface area contributed by atoms with E-state index in [4.69, 9.17) is 0 Å². The van der Waals surface area contributed by atoms with Gasteiger partial charge in [0, 0.05) is 14.1 Å². The van der Waals surface area contributed by atoms with E-state index in [1.165, 1.54) is 4.90 Å². The van der Waals surface area contributed by atoms with Crippen LogP contribution in [-0.4, -0.2) is 39.5 Å². The Kier molecular flexibility index (Phi) is 7.48. The standard InChI is InChI=1S/C5H13N3.ClH/c1-7(2)5-6-8(3)4;/h5H,1-4H3;1H/b6-5+;. The minimum Gasteiger partial charge on any atom is -1.00 e. The van der Waals surface area contributed by atoms with Crippen LogP contribution in [0.1, 0.15) is 0 Å². The van der Waals surface area contributed by atoms with Crippen LogP contribution in [0.5, 0.6) is 0 Å². The maximum atomic E-state index is 4.00. The average molecular weight is 152 g/mol. The second-order valence-corrected chi connectivity index (χ2v) is 2.17. The normalized spacial score (nSPS) is 9.89. The van der Waals surface area contributed by atoms with E-state index in [0.29, 0.717) is 0 Å². The van der Waals surface area contributed by atoms with E-state index in [9.17, 15) is 0 Å². The van der Waals surface area contributed by atoms with Crippen LogP contribution >= 0.6 is 0 Å². The quantitative estimate of drug-likeness (QED) is 0.240. The van der Waals surface area contributed by atoms with Crippen LogP contribution in [-0.2, 0) is 0 Å². The number of quaternary nitrogens is 1. The van der Waals surface area contributed by atoms with E-state index in [2.05, 4.69) is 5.10 Å². The summed E-state index contributed by atoms with van der Waals surface area (Å²) in [5.74, 6) is 0. The van der Waals surface area contributed by atoms with Crippen molar-refractivity contribution in [3.63, 3.8) is 0 Å². The summed E-state index contributed by atoms with van der Waals surface area (Å²) >= 11 is 0. The molecule has 0 saturated carbocycles. The molecule has 0 radical (unpaired) electrons. The molecule has 0 aliphatic carbocycles. The lowest BCUT2D eigenvalue weighted by atomic mass is 10.9. The summed E-state index contributed by atoms with van der Waals surface area (Å²) in [5.41, 5.74) is 0. The van der Waals surface area contributed by atoms with Crippen LogP contribution < -0.4 is 17.3 Å². The van der Waals surface area contributed by atoms with Crippen molar-refractivity contribution in [2.24, 2.45) is 5.10 Å². The van der Waals surface area contributed by atoms with Crippen LogP contribution in [0.4, 0.5) is 0 Å². The van der Waals surface area contributed by atoms with Gasteiger partial charge in [-0.05, 0) is 0 Å². The molecule has 0 spiro atoms. The lowest BCUT2D eigenvalue weighted by Gasteiger charge is -2.02. The van der Waals surface area contributed by atoms with Crippen molar-refractivity contribution in [2.75, 3.05) is 28.2 Å². The highest BCUT2D eigenvalue weighted by molar-refractivity contribution is 5.41. The molecular weight excluding hydrogens is 138 g/mol. The molecule has 0 aliphatic rings. The summed E-state index contributed by atoms with van der Waals surface area (Å²) in [6, 6.07) is 0. The Bertz CT molecular complexity index is 70.3. The van der Waals surface area contributed by atoms with E-state index in [1.54, 1.807) is 5.01 Å². The molecule has 0 aromatic carbocycles.